The quantitative estimate of drug-likeness (QED) is 0.808. The molecule has 0 saturated carbocycles. The average molecular weight is 253 g/mol. The molecule has 0 bridgehead atoms. The van der Waals surface area contributed by atoms with Gasteiger partial charge in [-0.25, -0.2) is 0 Å². The van der Waals surface area contributed by atoms with E-state index in [1.807, 2.05) is 0 Å². The second-order valence-electron chi connectivity index (χ2n) is 6.51. The van der Waals surface area contributed by atoms with Crippen molar-refractivity contribution in [1.82, 2.24) is 15.1 Å². The summed E-state index contributed by atoms with van der Waals surface area (Å²) in [6.07, 6.45) is 5.52. The monoisotopic (exact) mass is 253 g/mol. The van der Waals surface area contributed by atoms with E-state index in [2.05, 4.69) is 35.9 Å². The minimum absolute atomic E-state index is 0.617. The molecule has 2 fully saturated rings. The number of likely N-dealkylation sites (tertiary alicyclic amines) is 2. The SMILES string of the molecule is CC(C)NC1CCCN(CC(C)N2CCCC2)C1. The Morgan fingerprint density at radius 3 is 2.44 bits per heavy atom. The highest BCUT2D eigenvalue weighted by Gasteiger charge is 2.24. The van der Waals surface area contributed by atoms with Crippen LogP contribution in [0.5, 0.6) is 0 Å². The lowest BCUT2D eigenvalue weighted by atomic mass is 10.0. The minimum atomic E-state index is 0.617. The maximum atomic E-state index is 3.70. The molecule has 2 aliphatic rings. The van der Waals surface area contributed by atoms with Crippen LogP contribution in [0.3, 0.4) is 0 Å². The van der Waals surface area contributed by atoms with E-state index in [-0.39, 0.29) is 0 Å². The van der Waals surface area contributed by atoms with Crippen molar-refractivity contribution in [2.24, 2.45) is 0 Å². The van der Waals surface area contributed by atoms with E-state index < -0.39 is 0 Å². The highest BCUT2D eigenvalue weighted by Crippen LogP contribution is 2.15. The zero-order chi connectivity index (χ0) is 13.0. The van der Waals surface area contributed by atoms with Crippen molar-refractivity contribution < 1.29 is 0 Å². The van der Waals surface area contributed by atoms with Crippen molar-refractivity contribution in [3.05, 3.63) is 0 Å². The van der Waals surface area contributed by atoms with Gasteiger partial charge in [0.05, 0.1) is 0 Å². The zero-order valence-corrected chi connectivity index (χ0v) is 12.5. The van der Waals surface area contributed by atoms with Gasteiger partial charge >= 0.3 is 0 Å². The Kier molecular flexibility index (Phi) is 5.46. The largest absolute Gasteiger partial charge is 0.311 e. The standard InChI is InChI=1S/C15H31N3/c1-13(2)16-15-7-6-8-17(12-15)11-14(3)18-9-4-5-10-18/h13-16H,4-12H2,1-3H3. The maximum absolute atomic E-state index is 3.70. The predicted molar refractivity (Wildman–Crippen MR) is 78.0 cm³/mol. The van der Waals surface area contributed by atoms with Crippen LogP contribution in [-0.2, 0) is 0 Å². The van der Waals surface area contributed by atoms with Gasteiger partial charge in [0.25, 0.3) is 0 Å². The molecule has 0 aromatic rings. The molecular formula is C15H31N3. The highest BCUT2D eigenvalue weighted by atomic mass is 15.2. The third kappa shape index (κ3) is 4.22. The van der Waals surface area contributed by atoms with Gasteiger partial charge in [-0.1, -0.05) is 13.8 Å². The van der Waals surface area contributed by atoms with Crippen LogP contribution >= 0.6 is 0 Å². The van der Waals surface area contributed by atoms with Gasteiger partial charge in [0, 0.05) is 31.2 Å². The van der Waals surface area contributed by atoms with Crippen LogP contribution in [-0.4, -0.2) is 60.6 Å². The van der Waals surface area contributed by atoms with Crippen LogP contribution in [0.4, 0.5) is 0 Å². The van der Waals surface area contributed by atoms with Gasteiger partial charge in [-0.05, 0) is 52.2 Å². The van der Waals surface area contributed by atoms with E-state index in [9.17, 15) is 0 Å². The fourth-order valence-electron chi connectivity index (χ4n) is 3.50. The topological polar surface area (TPSA) is 18.5 Å². The van der Waals surface area contributed by atoms with Gasteiger partial charge in [-0.3, -0.25) is 4.90 Å². The van der Waals surface area contributed by atoms with Crippen molar-refractivity contribution in [3.63, 3.8) is 0 Å². The zero-order valence-electron chi connectivity index (χ0n) is 12.5. The lowest BCUT2D eigenvalue weighted by molar-refractivity contribution is 0.133. The maximum Gasteiger partial charge on any atom is 0.0197 e. The second kappa shape index (κ2) is 6.88. The third-order valence-electron chi connectivity index (χ3n) is 4.36. The first-order valence-electron chi connectivity index (χ1n) is 7.87. The first-order chi connectivity index (χ1) is 8.65. The Morgan fingerprint density at radius 1 is 1.06 bits per heavy atom. The highest BCUT2D eigenvalue weighted by molar-refractivity contribution is 4.83. The molecule has 1 N–H and O–H groups in total. The van der Waals surface area contributed by atoms with Crippen LogP contribution < -0.4 is 5.32 Å². The summed E-state index contributed by atoms with van der Waals surface area (Å²) in [6.45, 7) is 13.4. The fraction of sp³-hybridized carbons (Fsp3) is 1.00. The van der Waals surface area contributed by atoms with Gasteiger partial charge in [-0.15, -0.1) is 0 Å². The third-order valence-corrected chi connectivity index (χ3v) is 4.36. The molecule has 2 heterocycles. The van der Waals surface area contributed by atoms with Crippen LogP contribution in [0.25, 0.3) is 0 Å². The van der Waals surface area contributed by atoms with Crippen LogP contribution in [0.1, 0.15) is 46.5 Å². The molecule has 106 valence electrons. The molecule has 0 aliphatic carbocycles. The van der Waals surface area contributed by atoms with Gasteiger partial charge in [0.1, 0.15) is 0 Å². The lowest BCUT2D eigenvalue weighted by Crippen LogP contribution is -2.51. The summed E-state index contributed by atoms with van der Waals surface area (Å²) < 4.78 is 0. The first kappa shape index (κ1) is 14.3. The van der Waals surface area contributed by atoms with Gasteiger partial charge in [0.2, 0.25) is 0 Å². The first-order valence-corrected chi connectivity index (χ1v) is 7.87. The number of hydrogen-bond acceptors (Lipinski definition) is 3. The minimum Gasteiger partial charge on any atom is -0.311 e. The molecule has 2 unspecified atom stereocenters. The Balaban J connectivity index is 1.74. The summed E-state index contributed by atoms with van der Waals surface area (Å²) in [5.74, 6) is 0. The van der Waals surface area contributed by atoms with E-state index in [4.69, 9.17) is 0 Å². The number of nitrogens with zero attached hydrogens (tertiary/aromatic N) is 2. The van der Waals surface area contributed by atoms with Crippen molar-refractivity contribution >= 4 is 0 Å². The summed E-state index contributed by atoms with van der Waals surface area (Å²) in [4.78, 5) is 5.34. The Hall–Kier alpha value is -0.120. The van der Waals surface area contributed by atoms with Crippen molar-refractivity contribution in [3.8, 4) is 0 Å². The van der Waals surface area contributed by atoms with Crippen LogP contribution in [0, 0.1) is 0 Å². The summed E-state index contributed by atoms with van der Waals surface area (Å²) >= 11 is 0. The molecule has 18 heavy (non-hydrogen) atoms. The molecule has 0 amide bonds. The molecule has 2 saturated heterocycles. The predicted octanol–water partition coefficient (Wildman–Crippen LogP) is 1.93. The summed E-state index contributed by atoms with van der Waals surface area (Å²) in [7, 11) is 0. The molecule has 0 radical (unpaired) electrons. The van der Waals surface area contributed by atoms with Crippen molar-refractivity contribution in [2.45, 2.75) is 64.6 Å². The lowest BCUT2D eigenvalue weighted by Gasteiger charge is -2.37. The van der Waals surface area contributed by atoms with Crippen molar-refractivity contribution in [2.75, 3.05) is 32.7 Å². The summed E-state index contributed by atoms with van der Waals surface area (Å²) in [5.41, 5.74) is 0. The normalized spacial score (nSPS) is 29.0. The van der Waals surface area contributed by atoms with Gasteiger partial charge in [0.15, 0.2) is 0 Å². The molecular weight excluding hydrogens is 222 g/mol. The fourth-order valence-corrected chi connectivity index (χ4v) is 3.50. The molecule has 0 aromatic carbocycles. The number of hydrogen-bond donors (Lipinski definition) is 1. The van der Waals surface area contributed by atoms with E-state index in [1.54, 1.807) is 0 Å². The summed E-state index contributed by atoms with van der Waals surface area (Å²) in [6, 6.07) is 2.07. The van der Waals surface area contributed by atoms with Gasteiger partial charge in [-0.2, -0.15) is 0 Å². The number of piperidine rings is 1. The molecule has 2 aliphatic heterocycles. The number of rotatable bonds is 5. The van der Waals surface area contributed by atoms with Crippen molar-refractivity contribution in [1.29, 1.82) is 0 Å². The van der Waals surface area contributed by atoms with Crippen LogP contribution in [0.2, 0.25) is 0 Å². The molecule has 3 heteroatoms. The molecule has 0 spiro atoms. The summed E-state index contributed by atoms with van der Waals surface area (Å²) in [5, 5.41) is 3.70. The van der Waals surface area contributed by atoms with Gasteiger partial charge < -0.3 is 10.2 Å². The van der Waals surface area contributed by atoms with Crippen LogP contribution in [0.15, 0.2) is 0 Å². The Bertz CT molecular complexity index is 236. The number of nitrogens with one attached hydrogen (secondary N) is 1. The Morgan fingerprint density at radius 2 is 1.78 bits per heavy atom. The average Bonchev–Trinajstić information content (AvgIpc) is 2.81. The van der Waals surface area contributed by atoms with E-state index in [0.29, 0.717) is 12.1 Å². The molecule has 3 nitrogen and oxygen atoms in total. The molecule has 0 aromatic heterocycles. The van der Waals surface area contributed by atoms with E-state index >= 15 is 0 Å². The second-order valence-corrected chi connectivity index (χ2v) is 6.51. The Labute approximate surface area is 113 Å². The van der Waals surface area contributed by atoms with E-state index in [1.165, 1.54) is 58.4 Å². The molecule has 2 atom stereocenters. The van der Waals surface area contributed by atoms with E-state index in [0.717, 1.165) is 6.04 Å². The molecule has 2 rings (SSSR count). The smallest absolute Gasteiger partial charge is 0.0197 e.